The molecule has 0 amide bonds. The van der Waals surface area contributed by atoms with Gasteiger partial charge in [-0.2, -0.15) is 0 Å². The third kappa shape index (κ3) is 5.93. The first-order chi connectivity index (χ1) is 16.3. The summed E-state index contributed by atoms with van der Waals surface area (Å²) in [4.78, 5) is 5.35. The summed E-state index contributed by atoms with van der Waals surface area (Å²) >= 11 is 0. The molecule has 4 rings (SSSR count). The van der Waals surface area contributed by atoms with Crippen molar-refractivity contribution < 1.29 is 0 Å². The van der Waals surface area contributed by atoms with Crippen molar-refractivity contribution in [3.8, 4) is 0 Å². The molecule has 1 N–H and O–H groups in total. The monoisotopic (exact) mass is 459 g/mol. The first kappa shape index (κ1) is 25.0. The van der Waals surface area contributed by atoms with Crippen LogP contribution in [0.2, 0.25) is 0 Å². The number of piperazine rings is 1. The van der Waals surface area contributed by atoms with Crippen LogP contribution in [0.3, 0.4) is 0 Å². The summed E-state index contributed by atoms with van der Waals surface area (Å²) in [6.45, 7) is 21.0. The molecule has 1 aliphatic carbocycles. The van der Waals surface area contributed by atoms with E-state index in [1.165, 1.54) is 73.5 Å². The second-order valence-corrected chi connectivity index (χ2v) is 11.1. The molecule has 0 aromatic heterocycles. The maximum atomic E-state index is 3.65. The average molecular weight is 460 g/mol. The SMILES string of the molecule is CC(C)=C1c2cc(C)c(C)cc2CCC1C(C)CN1CCN(CC(C)Nc2ccccc2)CC1. The van der Waals surface area contributed by atoms with E-state index < -0.39 is 0 Å². The zero-order valence-corrected chi connectivity index (χ0v) is 22.3. The van der Waals surface area contributed by atoms with Crippen LogP contribution in [-0.2, 0) is 6.42 Å². The summed E-state index contributed by atoms with van der Waals surface area (Å²) in [6, 6.07) is 16.0. The van der Waals surface area contributed by atoms with Crippen molar-refractivity contribution in [1.82, 2.24) is 9.80 Å². The number of fused-ring (bicyclic) bond motifs is 1. The molecule has 0 saturated carbocycles. The Morgan fingerprint density at radius 2 is 1.53 bits per heavy atom. The number of hydrogen-bond acceptors (Lipinski definition) is 3. The van der Waals surface area contributed by atoms with E-state index in [-0.39, 0.29) is 0 Å². The second kappa shape index (κ2) is 11.1. The van der Waals surface area contributed by atoms with Gasteiger partial charge in [0.25, 0.3) is 0 Å². The van der Waals surface area contributed by atoms with Crippen LogP contribution in [-0.4, -0.2) is 55.1 Å². The highest BCUT2D eigenvalue weighted by atomic mass is 15.3. The Morgan fingerprint density at radius 1 is 0.912 bits per heavy atom. The summed E-state index contributed by atoms with van der Waals surface area (Å²) in [5.74, 6) is 1.36. The number of rotatable bonds is 7. The van der Waals surface area contributed by atoms with Crippen molar-refractivity contribution in [1.29, 1.82) is 0 Å². The molecule has 1 saturated heterocycles. The molecule has 34 heavy (non-hydrogen) atoms. The van der Waals surface area contributed by atoms with Gasteiger partial charge in [-0.05, 0) is 99.3 Å². The van der Waals surface area contributed by atoms with Gasteiger partial charge in [-0.15, -0.1) is 0 Å². The lowest BCUT2D eigenvalue weighted by Crippen LogP contribution is -2.50. The number of para-hydroxylation sites is 1. The molecule has 2 aromatic carbocycles. The number of hydrogen-bond donors (Lipinski definition) is 1. The molecular formula is C31H45N3. The minimum Gasteiger partial charge on any atom is -0.381 e. The molecule has 1 heterocycles. The summed E-state index contributed by atoms with van der Waals surface area (Å²) in [7, 11) is 0. The van der Waals surface area contributed by atoms with Crippen LogP contribution < -0.4 is 5.32 Å². The van der Waals surface area contributed by atoms with Crippen LogP contribution in [0.4, 0.5) is 5.69 Å². The Hall–Kier alpha value is -2.10. The van der Waals surface area contributed by atoms with E-state index in [1.54, 1.807) is 11.1 Å². The van der Waals surface area contributed by atoms with E-state index in [1.807, 2.05) is 0 Å². The first-order valence-corrected chi connectivity index (χ1v) is 13.4. The van der Waals surface area contributed by atoms with Gasteiger partial charge >= 0.3 is 0 Å². The predicted molar refractivity (Wildman–Crippen MR) is 148 cm³/mol. The quantitative estimate of drug-likeness (QED) is 0.516. The highest BCUT2D eigenvalue weighted by Crippen LogP contribution is 2.42. The Bertz CT molecular complexity index is 981. The van der Waals surface area contributed by atoms with Crippen molar-refractivity contribution in [3.63, 3.8) is 0 Å². The zero-order valence-electron chi connectivity index (χ0n) is 22.3. The van der Waals surface area contributed by atoms with E-state index in [0.29, 0.717) is 17.9 Å². The molecule has 3 nitrogen and oxygen atoms in total. The van der Waals surface area contributed by atoms with Gasteiger partial charge in [0.1, 0.15) is 0 Å². The molecule has 0 radical (unpaired) electrons. The van der Waals surface area contributed by atoms with Gasteiger partial charge in [0.05, 0.1) is 0 Å². The molecule has 1 aliphatic heterocycles. The standard InChI is InChI=1S/C31H45N3/c1-22(2)31-29(13-12-27-18-23(3)24(4)19-30(27)31)25(5)20-33-14-16-34(17-15-33)21-26(6)32-28-10-8-7-9-11-28/h7-11,18-19,25-26,29,32H,12-17,20-21H2,1-6H3. The Balaban J connectivity index is 1.31. The topological polar surface area (TPSA) is 18.5 Å². The zero-order chi connectivity index (χ0) is 24.2. The first-order valence-electron chi connectivity index (χ1n) is 13.4. The third-order valence-corrected chi connectivity index (χ3v) is 8.06. The molecule has 3 heteroatoms. The lowest BCUT2D eigenvalue weighted by Gasteiger charge is -2.40. The highest BCUT2D eigenvalue weighted by molar-refractivity contribution is 5.75. The lowest BCUT2D eigenvalue weighted by molar-refractivity contribution is 0.111. The molecule has 2 aliphatic rings. The van der Waals surface area contributed by atoms with E-state index in [2.05, 4.69) is 99.1 Å². The summed E-state index contributed by atoms with van der Waals surface area (Å²) in [6.07, 6.45) is 2.52. The van der Waals surface area contributed by atoms with Crippen LogP contribution in [0.5, 0.6) is 0 Å². The Morgan fingerprint density at radius 3 is 2.18 bits per heavy atom. The van der Waals surface area contributed by atoms with E-state index in [9.17, 15) is 0 Å². The van der Waals surface area contributed by atoms with Crippen molar-refractivity contribution in [3.05, 3.63) is 70.3 Å². The predicted octanol–water partition coefficient (Wildman–Crippen LogP) is 6.41. The highest BCUT2D eigenvalue weighted by Gasteiger charge is 2.31. The molecule has 0 bridgehead atoms. The molecule has 3 unspecified atom stereocenters. The number of allylic oxidation sites excluding steroid dienone is 2. The van der Waals surface area contributed by atoms with Crippen LogP contribution in [0.15, 0.2) is 48.0 Å². The fourth-order valence-corrected chi connectivity index (χ4v) is 6.14. The van der Waals surface area contributed by atoms with Gasteiger partial charge in [-0.1, -0.05) is 42.8 Å². The molecule has 0 spiro atoms. The van der Waals surface area contributed by atoms with Gasteiger partial charge in [0.2, 0.25) is 0 Å². The minimum absolute atomic E-state index is 0.461. The van der Waals surface area contributed by atoms with E-state index >= 15 is 0 Å². The maximum Gasteiger partial charge on any atom is 0.0360 e. The normalized spacial score (nSPS) is 21.1. The summed E-state index contributed by atoms with van der Waals surface area (Å²) in [5, 5.41) is 3.65. The van der Waals surface area contributed by atoms with Crippen LogP contribution in [0.25, 0.3) is 5.57 Å². The maximum absolute atomic E-state index is 3.65. The molecule has 1 fully saturated rings. The van der Waals surface area contributed by atoms with E-state index in [4.69, 9.17) is 0 Å². The van der Waals surface area contributed by atoms with Gasteiger partial charge < -0.3 is 10.2 Å². The largest absolute Gasteiger partial charge is 0.381 e. The molecule has 184 valence electrons. The van der Waals surface area contributed by atoms with Gasteiger partial charge in [-0.25, -0.2) is 0 Å². The lowest BCUT2D eigenvalue weighted by atomic mass is 9.71. The van der Waals surface area contributed by atoms with Crippen molar-refractivity contribution >= 4 is 11.3 Å². The van der Waals surface area contributed by atoms with Crippen LogP contribution in [0, 0.1) is 25.7 Å². The van der Waals surface area contributed by atoms with Gasteiger partial charge in [0.15, 0.2) is 0 Å². The average Bonchev–Trinajstić information content (AvgIpc) is 2.81. The van der Waals surface area contributed by atoms with Crippen molar-refractivity contribution in [2.75, 3.05) is 44.6 Å². The number of nitrogens with one attached hydrogen (secondary N) is 1. The number of nitrogens with zero attached hydrogens (tertiary/aromatic N) is 2. The number of anilines is 1. The van der Waals surface area contributed by atoms with Crippen molar-refractivity contribution in [2.24, 2.45) is 11.8 Å². The third-order valence-electron chi connectivity index (χ3n) is 8.06. The van der Waals surface area contributed by atoms with Crippen LogP contribution >= 0.6 is 0 Å². The summed E-state index contributed by atoms with van der Waals surface area (Å²) < 4.78 is 0. The van der Waals surface area contributed by atoms with Gasteiger partial charge in [-0.3, -0.25) is 4.90 Å². The van der Waals surface area contributed by atoms with E-state index in [0.717, 1.165) is 6.54 Å². The fraction of sp³-hybridized carbons (Fsp3) is 0.548. The number of benzene rings is 2. The molecular weight excluding hydrogens is 414 g/mol. The number of aryl methyl sites for hydroxylation is 3. The van der Waals surface area contributed by atoms with Crippen molar-refractivity contribution in [2.45, 2.75) is 60.4 Å². The minimum atomic E-state index is 0.461. The fourth-order valence-electron chi connectivity index (χ4n) is 6.14. The molecule has 3 atom stereocenters. The van der Waals surface area contributed by atoms with Crippen LogP contribution in [0.1, 0.15) is 56.4 Å². The summed E-state index contributed by atoms with van der Waals surface area (Å²) in [5.41, 5.74) is 10.3. The Kier molecular flexibility index (Phi) is 8.16. The Labute approximate surface area is 208 Å². The van der Waals surface area contributed by atoms with Gasteiger partial charge in [0, 0.05) is 51.0 Å². The molecule has 2 aromatic rings. The second-order valence-electron chi connectivity index (χ2n) is 11.1. The smallest absolute Gasteiger partial charge is 0.0360 e.